The standard InChI is InChI=1S/C24H19N7O/c1-3-17-11-7-12-18-28-20(21(31(17)18)16-9-5-4-6-10-16)15(2)27-24(32)19-22(25)29-30-14-8-13-26-23(19)30/h1,4-15H,2H3,(H2,25,29)(H,27,32)/t15-/m0/s1. The van der Waals surface area contributed by atoms with Crippen LogP contribution in [0.25, 0.3) is 22.6 Å². The predicted octanol–water partition coefficient (Wildman–Crippen LogP) is 3.10. The van der Waals surface area contributed by atoms with Gasteiger partial charge in [0.25, 0.3) is 5.91 Å². The van der Waals surface area contributed by atoms with Crippen LogP contribution in [0.5, 0.6) is 0 Å². The van der Waals surface area contributed by atoms with Crippen LogP contribution in [-0.4, -0.2) is 29.9 Å². The van der Waals surface area contributed by atoms with E-state index in [4.69, 9.17) is 17.1 Å². The minimum absolute atomic E-state index is 0.112. The van der Waals surface area contributed by atoms with E-state index >= 15 is 0 Å². The Labute approximate surface area is 183 Å². The number of pyridine rings is 1. The number of fused-ring (bicyclic) bond motifs is 2. The van der Waals surface area contributed by atoms with Crippen LogP contribution in [0.3, 0.4) is 0 Å². The number of nitrogen functional groups attached to an aromatic ring is 1. The zero-order valence-corrected chi connectivity index (χ0v) is 17.2. The van der Waals surface area contributed by atoms with Crippen LogP contribution in [0.4, 0.5) is 5.82 Å². The number of imidazole rings is 1. The molecule has 0 fully saturated rings. The Hall–Kier alpha value is -4.64. The Morgan fingerprint density at radius 2 is 1.97 bits per heavy atom. The first-order valence-electron chi connectivity index (χ1n) is 10.0. The molecule has 0 saturated heterocycles. The second kappa shape index (κ2) is 7.56. The van der Waals surface area contributed by atoms with E-state index in [1.807, 2.05) is 59.9 Å². The summed E-state index contributed by atoms with van der Waals surface area (Å²) in [4.78, 5) is 22.2. The van der Waals surface area contributed by atoms with Crippen molar-refractivity contribution in [2.24, 2.45) is 0 Å². The number of anilines is 1. The third-order valence-electron chi connectivity index (χ3n) is 5.27. The highest BCUT2D eigenvalue weighted by Gasteiger charge is 2.25. The molecule has 0 unspecified atom stereocenters. The topological polar surface area (TPSA) is 103 Å². The van der Waals surface area contributed by atoms with Crippen molar-refractivity contribution < 1.29 is 4.79 Å². The molecule has 4 heterocycles. The lowest BCUT2D eigenvalue weighted by Gasteiger charge is -2.14. The number of hydrogen-bond acceptors (Lipinski definition) is 5. The van der Waals surface area contributed by atoms with Crippen molar-refractivity contribution in [3.63, 3.8) is 0 Å². The van der Waals surface area contributed by atoms with Crippen LogP contribution in [-0.2, 0) is 0 Å². The number of hydrogen-bond donors (Lipinski definition) is 2. The molecule has 0 aliphatic heterocycles. The van der Waals surface area contributed by atoms with Crippen molar-refractivity contribution in [1.29, 1.82) is 0 Å². The first kappa shape index (κ1) is 19.3. The van der Waals surface area contributed by atoms with Crippen molar-refractivity contribution in [3.8, 4) is 23.6 Å². The summed E-state index contributed by atoms with van der Waals surface area (Å²) >= 11 is 0. The Balaban J connectivity index is 1.61. The molecule has 0 bridgehead atoms. The van der Waals surface area contributed by atoms with Gasteiger partial charge in [-0.3, -0.25) is 9.20 Å². The van der Waals surface area contributed by atoms with Crippen LogP contribution in [0.2, 0.25) is 0 Å². The summed E-state index contributed by atoms with van der Waals surface area (Å²) in [6, 6.07) is 16.7. The van der Waals surface area contributed by atoms with Crippen molar-refractivity contribution >= 4 is 23.0 Å². The van der Waals surface area contributed by atoms with E-state index in [1.165, 1.54) is 4.52 Å². The van der Waals surface area contributed by atoms with Gasteiger partial charge in [-0.15, -0.1) is 11.5 Å². The Morgan fingerprint density at radius 3 is 2.75 bits per heavy atom. The maximum atomic E-state index is 13.2. The number of aromatic nitrogens is 5. The molecule has 0 aliphatic carbocycles. The molecule has 0 radical (unpaired) electrons. The van der Waals surface area contributed by atoms with Crippen LogP contribution in [0.1, 0.15) is 34.7 Å². The summed E-state index contributed by atoms with van der Waals surface area (Å²) in [6.45, 7) is 1.87. The van der Waals surface area contributed by atoms with Crippen molar-refractivity contribution in [2.45, 2.75) is 13.0 Å². The summed E-state index contributed by atoms with van der Waals surface area (Å²) in [5.74, 6) is 2.46. The van der Waals surface area contributed by atoms with E-state index in [-0.39, 0.29) is 17.3 Å². The fourth-order valence-corrected chi connectivity index (χ4v) is 3.86. The minimum Gasteiger partial charge on any atom is -0.381 e. The zero-order chi connectivity index (χ0) is 22.2. The maximum absolute atomic E-state index is 13.2. The van der Waals surface area contributed by atoms with Crippen LogP contribution in [0, 0.1) is 12.3 Å². The molecular weight excluding hydrogens is 402 g/mol. The molecule has 0 aliphatic rings. The molecule has 1 amide bonds. The zero-order valence-electron chi connectivity index (χ0n) is 17.2. The predicted molar refractivity (Wildman–Crippen MR) is 122 cm³/mol. The SMILES string of the molecule is C#Cc1cccc2nc([C@H](C)NC(=O)c3c(N)nn4cccnc34)c(-c3ccccc3)n12. The lowest BCUT2D eigenvalue weighted by molar-refractivity contribution is 0.0941. The fourth-order valence-electron chi connectivity index (χ4n) is 3.86. The average Bonchev–Trinajstić information content (AvgIpc) is 3.36. The fraction of sp³-hybridized carbons (Fsp3) is 0.0833. The number of nitrogens with zero attached hydrogens (tertiary/aromatic N) is 5. The molecule has 3 N–H and O–H groups in total. The monoisotopic (exact) mass is 421 g/mol. The van der Waals surface area contributed by atoms with Gasteiger partial charge in [0.05, 0.1) is 23.1 Å². The quantitative estimate of drug-likeness (QED) is 0.434. The average molecular weight is 421 g/mol. The minimum atomic E-state index is -0.443. The van der Waals surface area contributed by atoms with Crippen LogP contribution in [0.15, 0.2) is 67.0 Å². The van der Waals surface area contributed by atoms with E-state index in [2.05, 4.69) is 21.3 Å². The molecule has 8 heteroatoms. The Morgan fingerprint density at radius 1 is 1.16 bits per heavy atom. The number of benzene rings is 1. The van der Waals surface area contributed by atoms with Gasteiger partial charge in [-0.05, 0) is 25.1 Å². The summed E-state index contributed by atoms with van der Waals surface area (Å²) in [7, 11) is 0. The van der Waals surface area contributed by atoms with Gasteiger partial charge in [-0.1, -0.05) is 42.3 Å². The van der Waals surface area contributed by atoms with Crippen molar-refractivity contribution in [3.05, 3.63) is 83.9 Å². The number of nitrogens with two attached hydrogens (primary N) is 1. The second-order valence-corrected chi connectivity index (χ2v) is 7.30. The largest absolute Gasteiger partial charge is 0.381 e. The molecule has 8 nitrogen and oxygen atoms in total. The van der Waals surface area contributed by atoms with E-state index < -0.39 is 6.04 Å². The first-order valence-corrected chi connectivity index (χ1v) is 10.0. The van der Waals surface area contributed by atoms with E-state index in [0.717, 1.165) is 11.3 Å². The molecule has 4 aromatic heterocycles. The third-order valence-corrected chi connectivity index (χ3v) is 5.27. The second-order valence-electron chi connectivity index (χ2n) is 7.30. The number of carbonyl (C=O) groups is 1. The third kappa shape index (κ3) is 3.04. The molecule has 5 rings (SSSR count). The van der Waals surface area contributed by atoms with Gasteiger partial charge in [-0.25, -0.2) is 14.5 Å². The number of carbonyl (C=O) groups excluding carboxylic acids is 1. The van der Waals surface area contributed by atoms with Crippen molar-refractivity contribution in [2.75, 3.05) is 5.73 Å². The van der Waals surface area contributed by atoms with Crippen molar-refractivity contribution in [1.82, 2.24) is 29.3 Å². The number of terminal acetylenes is 1. The lowest BCUT2D eigenvalue weighted by Crippen LogP contribution is -2.28. The Bertz CT molecular complexity index is 1510. The highest BCUT2D eigenvalue weighted by Crippen LogP contribution is 2.31. The normalized spacial score (nSPS) is 12.0. The van der Waals surface area contributed by atoms with Gasteiger partial charge in [0, 0.05) is 18.0 Å². The number of amides is 1. The van der Waals surface area contributed by atoms with Gasteiger partial charge >= 0.3 is 0 Å². The first-order chi connectivity index (χ1) is 15.6. The highest BCUT2D eigenvalue weighted by atomic mass is 16.1. The van der Waals surface area contributed by atoms with E-state index in [0.29, 0.717) is 22.7 Å². The maximum Gasteiger partial charge on any atom is 0.259 e. The summed E-state index contributed by atoms with van der Waals surface area (Å²) in [5.41, 5.74) is 10.5. The molecule has 1 atom stereocenters. The number of rotatable bonds is 4. The summed E-state index contributed by atoms with van der Waals surface area (Å²) in [6.07, 6.45) is 9.05. The molecule has 156 valence electrons. The van der Waals surface area contributed by atoms with E-state index in [1.54, 1.807) is 18.5 Å². The Kier molecular flexibility index (Phi) is 4.57. The van der Waals surface area contributed by atoms with Gasteiger partial charge in [0.1, 0.15) is 11.2 Å². The molecule has 5 aromatic rings. The molecule has 32 heavy (non-hydrogen) atoms. The highest BCUT2D eigenvalue weighted by molar-refractivity contribution is 6.04. The van der Waals surface area contributed by atoms with E-state index in [9.17, 15) is 4.79 Å². The molecule has 0 saturated carbocycles. The smallest absolute Gasteiger partial charge is 0.259 e. The molecular formula is C24H19N7O. The van der Waals surface area contributed by atoms with Gasteiger partial charge in [-0.2, -0.15) is 0 Å². The van der Waals surface area contributed by atoms with Crippen LogP contribution < -0.4 is 11.1 Å². The van der Waals surface area contributed by atoms with Crippen LogP contribution >= 0.6 is 0 Å². The molecule has 1 aromatic carbocycles. The van der Waals surface area contributed by atoms with Gasteiger partial charge in [0.2, 0.25) is 0 Å². The summed E-state index contributed by atoms with van der Waals surface area (Å²) < 4.78 is 3.41. The summed E-state index contributed by atoms with van der Waals surface area (Å²) in [5, 5.41) is 7.17. The lowest BCUT2D eigenvalue weighted by atomic mass is 10.1. The number of nitrogens with one attached hydrogen (secondary N) is 1. The van der Waals surface area contributed by atoms with Gasteiger partial charge in [0.15, 0.2) is 11.5 Å². The van der Waals surface area contributed by atoms with Gasteiger partial charge < -0.3 is 11.1 Å². The molecule has 0 spiro atoms.